The Balaban J connectivity index is 1.81. The van der Waals surface area contributed by atoms with Gasteiger partial charge in [-0.2, -0.15) is 0 Å². The van der Waals surface area contributed by atoms with Crippen LogP contribution in [0.5, 0.6) is 0 Å². The summed E-state index contributed by atoms with van der Waals surface area (Å²) in [4.78, 5) is 7.02. The summed E-state index contributed by atoms with van der Waals surface area (Å²) in [6.07, 6.45) is 3.67. The Morgan fingerprint density at radius 3 is 2.41 bits per heavy atom. The van der Waals surface area contributed by atoms with E-state index in [-0.39, 0.29) is 0 Å². The first-order valence-corrected chi connectivity index (χ1v) is 9.93. The van der Waals surface area contributed by atoms with Crippen LogP contribution < -0.4 is 9.21 Å². The Bertz CT molecular complexity index is 747. The van der Waals surface area contributed by atoms with E-state index < -0.39 is 10.0 Å². The van der Waals surface area contributed by atoms with Gasteiger partial charge in [0.2, 0.25) is 10.0 Å². The Hall–Kier alpha value is -1.60. The molecular weight excluding hydrogens is 318 g/mol. The van der Waals surface area contributed by atoms with Gasteiger partial charge in [0, 0.05) is 31.1 Å². The molecule has 0 saturated carbocycles. The van der Waals surface area contributed by atoms with Gasteiger partial charge in [0.25, 0.3) is 0 Å². The predicted octanol–water partition coefficient (Wildman–Crippen LogP) is 2.81. The summed E-state index contributed by atoms with van der Waals surface area (Å²) >= 11 is 1.66. The lowest BCUT2D eigenvalue weighted by Crippen LogP contribution is -2.24. The fourth-order valence-electron chi connectivity index (χ4n) is 2.48. The van der Waals surface area contributed by atoms with Crippen LogP contribution in [-0.2, 0) is 10.0 Å². The van der Waals surface area contributed by atoms with Crippen molar-refractivity contribution < 1.29 is 8.42 Å². The van der Waals surface area contributed by atoms with Crippen molar-refractivity contribution in [3.05, 3.63) is 29.6 Å². The highest BCUT2D eigenvalue weighted by atomic mass is 32.2. The van der Waals surface area contributed by atoms with Crippen molar-refractivity contribution in [2.75, 3.05) is 35.6 Å². The first-order chi connectivity index (χ1) is 10.4. The van der Waals surface area contributed by atoms with E-state index in [2.05, 4.69) is 10.3 Å². The lowest BCUT2D eigenvalue weighted by Gasteiger charge is -2.16. The molecule has 1 aromatic carbocycles. The molecule has 0 radical (unpaired) electrons. The number of aromatic nitrogens is 1. The van der Waals surface area contributed by atoms with Crippen molar-refractivity contribution in [3.63, 3.8) is 0 Å². The number of anilines is 2. The van der Waals surface area contributed by atoms with Crippen LogP contribution in [-0.4, -0.2) is 39.8 Å². The highest BCUT2D eigenvalue weighted by Crippen LogP contribution is 2.30. The number of nitrogens with zero attached hydrogens (tertiary/aromatic N) is 3. The molecule has 0 bridgehead atoms. The lowest BCUT2D eigenvalue weighted by atomic mass is 10.1. The average molecular weight is 337 g/mol. The summed E-state index contributed by atoms with van der Waals surface area (Å²) in [5.74, 6) is 0. The van der Waals surface area contributed by atoms with Crippen molar-refractivity contribution in [2.24, 2.45) is 0 Å². The Labute approximate surface area is 135 Å². The fourth-order valence-corrected chi connectivity index (χ4v) is 3.88. The van der Waals surface area contributed by atoms with E-state index in [0.29, 0.717) is 5.69 Å². The van der Waals surface area contributed by atoms with Crippen LogP contribution in [0.1, 0.15) is 12.8 Å². The highest BCUT2D eigenvalue weighted by molar-refractivity contribution is 7.92. The number of benzene rings is 1. The van der Waals surface area contributed by atoms with E-state index in [9.17, 15) is 8.42 Å². The predicted molar refractivity (Wildman–Crippen MR) is 92.2 cm³/mol. The number of thiazole rings is 1. The second-order valence-electron chi connectivity index (χ2n) is 5.49. The SMILES string of the molecule is CN(c1ccc(-c2csc(N3CCCC3)n2)cc1)S(C)(=O)=O. The summed E-state index contributed by atoms with van der Waals surface area (Å²) in [5.41, 5.74) is 2.61. The third kappa shape index (κ3) is 3.10. The van der Waals surface area contributed by atoms with Gasteiger partial charge in [-0.25, -0.2) is 13.4 Å². The van der Waals surface area contributed by atoms with E-state index >= 15 is 0 Å². The van der Waals surface area contributed by atoms with Gasteiger partial charge in [-0.3, -0.25) is 4.31 Å². The minimum Gasteiger partial charge on any atom is -0.348 e. The summed E-state index contributed by atoms with van der Waals surface area (Å²) in [6.45, 7) is 2.18. The van der Waals surface area contributed by atoms with Crippen LogP contribution in [0.3, 0.4) is 0 Å². The van der Waals surface area contributed by atoms with Gasteiger partial charge in [0.15, 0.2) is 5.13 Å². The van der Waals surface area contributed by atoms with Gasteiger partial charge >= 0.3 is 0 Å². The third-order valence-corrected chi connectivity index (χ3v) is 6.00. The topological polar surface area (TPSA) is 53.5 Å². The van der Waals surface area contributed by atoms with E-state index in [1.54, 1.807) is 18.4 Å². The maximum atomic E-state index is 11.5. The summed E-state index contributed by atoms with van der Waals surface area (Å²) in [7, 11) is -1.67. The molecule has 3 rings (SSSR count). The summed E-state index contributed by atoms with van der Waals surface area (Å²) in [6, 6.07) is 7.45. The molecule has 1 aromatic heterocycles. The minimum atomic E-state index is -3.23. The second-order valence-corrected chi connectivity index (χ2v) is 8.34. The Kier molecular flexibility index (Phi) is 4.10. The van der Waals surface area contributed by atoms with Crippen LogP contribution >= 0.6 is 11.3 Å². The third-order valence-electron chi connectivity index (χ3n) is 3.89. The second kappa shape index (κ2) is 5.89. The minimum absolute atomic E-state index is 0.654. The first kappa shape index (κ1) is 15.3. The van der Waals surface area contributed by atoms with Crippen molar-refractivity contribution in [3.8, 4) is 11.3 Å². The first-order valence-electron chi connectivity index (χ1n) is 7.20. The number of sulfonamides is 1. The molecule has 0 unspecified atom stereocenters. The zero-order valence-electron chi connectivity index (χ0n) is 12.7. The van der Waals surface area contributed by atoms with Crippen LogP contribution in [0.15, 0.2) is 29.6 Å². The van der Waals surface area contributed by atoms with Gasteiger partial charge < -0.3 is 4.90 Å². The monoisotopic (exact) mass is 337 g/mol. The zero-order valence-corrected chi connectivity index (χ0v) is 14.3. The standard InChI is InChI=1S/C15H19N3O2S2/c1-17(22(2,19)20)13-7-5-12(6-8-13)14-11-21-15(16-14)18-9-3-4-10-18/h5-8,11H,3-4,9-10H2,1-2H3. The van der Waals surface area contributed by atoms with Crippen LogP contribution in [0.4, 0.5) is 10.8 Å². The molecule has 0 amide bonds. The number of hydrogen-bond donors (Lipinski definition) is 0. The molecule has 5 nitrogen and oxygen atoms in total. The maximum Gasteiger partial charge on any atom is 0.231 e. The zero-order chi connectivity index (χ0) is 15.7. The number of rotatable bonds is 4. The van der Waals surface area contributed by atoms with Crippen LogP contribution in [0.25, 0.3) is 11.3 Å². The summed E-state index contributed by atoms with van der Waals surface area (Å²) < 4.78 is 24.4. The maximum absolute atomic E-state index is 11.5. The van der Waals surface area contributed by atoms with E-state index in [1.165, 1.54) is 23.4 Å². The molecule has 1 saturated heterocycles. The van der Waals surface area contributed by atoms with E-state index in [4.69, 9.17) is 4.98 Å². The van der Waals surface area contributed by atoms with Crippen LogP contribution in [0, 0.1) is 0 Å². The van der Waals surface area contributed by atoms with E-state index in [1.807, 2.05) is 24.3 Å². The van der Waals surface area contributed by atoms with Gasteiger partial charge in [0.1, 0.15) is 0 Å². The van der Waals surface area contributed by atoms with Gasteiger partial charge in [0.05, 0.1) is 17.6 Å². The molecule has 0 N–H and O–H groups in total. The highest BCUT2D eigenvalue weighted by Gasteiger charge is 2.16. The lowest BCUT2D eigenvalue weighted by molar-refractivity contribution is 0.600. The molecule has 0 atom stereocenters. The van der Waals surface area contributed by atoms with Crippen molar-refractivity contribution in [2.45, 2.75) is 12.8 Å². The quantitative estimate of drug-likeness (QED) is 0.861. The molecule has 118 valence electrons. The van der Waals surface area contributed by atoms with Crippen LogP contribution in [0.2, 0.25) is 0 Å². The fraction of sp³-hybridized carbons (Fsp3) is 0.400. The molecule has 1 aliphatic heterocycles. The smallest absolute Gasteiger partial charge is 0.231 e. The molecule has 1 fully saturated rings. The van der Waals surface area contributed by atoms with Crippen molar-refractivity contribution in [1.82, 2.24) is 4.98 Å². The molecule has 2 heterocycles. The van der Waals surface area contributed by atoms with Gasteiger partial charge in [-0.15, -0.1) is 11.3 Å². The molecule has 0 spiro atoms. The molecule has 1 aliphatic rings. The molecule has 7 heteroatoms. The van der Waals surface area contributed by atoms with Gasteiger partial charge in [-0.05, 0) is 25.0 Å². The van der Waals surface area contributed by atoms with Crippen molar-refractivity contribution >= 4 is 32.2 Å². The van der Waals surface area contributed by atoms with E-state index in [0.717, 1.165) is 29.5 Å². The average Bonchev–Trinajstić information content (AvgIpc) is 3.16. The molecular formula is C15H19N3O2S2. The molecule has 0 aliphatic carbocycles. The summed E-state index contributed by atoms with van der Waals surface area (Å²) in [5, 5.41) is 3.13. The number of hydrogen-bond acceptors (Lipinski definition) is 5. The van der Waals surface area contributed by atoms with Crippen molar-refractivity contribution in [1.29, 1.82) is 0 Å². The van der Waals surface area contributed by atoms with Gasteiger partial charge in [-0.1, -0.05) is 12.1 Å². The largest absolute Gasteiger partial charge is 0.348 e. The Morgan fingerprint density at radius 2 is 1.82 bits per heavy atom. The molecule has 22 heavy (non-hydrogen) atoms. The Morgan fingerprint density at radius 1 is 1.18 bits per heavy atom. The normalized spacial score (nSPS) is 15.3. The molecule has 2 aromatic rings.